The lowest BCUT2D eigenvalue weighted by Gasteiger charge is -2.37. The van der Waals surface area contributed by atoms with Crippen molar-refractivity contribution >= 4 is 19.6 Å². The third-order valence-corrected chi connectivity index (χ3v) is 11.6. The highest BCUT2D eigenvalue weighted by molar-refractivity contribution is 6.90. The van der Waals surface area contributed by atoms with Crippen molar-refractivity contribution in [3.8, 4) is 12.0 Å². The molecule has 0 aliphatic heterocycles. The van der Waals surface area contributed by atoms with Gasteiger partial charge in [-0.05, 0) is 16.6 Å². The normalized spacial score (nSPS) is 11.0. The molecule has 0 fully saturated rings. The van der Waals surface area contributed by atoms with Crippen molar-refractivity contribution in [2.75, 3.05) is 0 Å². The average molecular weight is 393 g/mol. The molecule has 0 atom stereocenters. The Hall–Kier alpha value is -2.44. The van der Waals surface area contributed by atoms with E-state index in [0.29, 0.717) is 27.8 Å². The van der Waals surface area contributed by atoms with Crippen LogP contribution in [0.5, 0.6) is 0 Å². The summed E-state index contributed by atoms with van der Waals surface area (Å²) in [5, 5.41) is 0. The maximum Gasteiger partial charge on any atom is 0.233 e. The van der Waals surface area contributed by atoms with Crippen molar-refractivity contribution < 1.29 is 9.59 Å². The van der Waals surface area contributed by atoms with Gasteiger partial charge < -0.3 is 0 Å². The molecule has 0 heterocycles. The van der Waals surface area contributed by atoms with Crippen molar-refractivity contribution in [3.63, 3.8) is 0 Å². The zero-order chi connectivity index (χ0) is 21.3. The number of carbonyl (C=O) groups is 2. The largest absolute Gasteiger partial charge is 0.285 e. The molecule has 0 unspecified atom stereocenters. The molecule has 28 heavy (non-hydrogen) atoms. The van der Waals surface area contributed by atoms with E-state index >= 15 is 0 Å². The molecule has 0 aromatic heterocycles. The highest BCUT2D eigenvalue weighted by Crippen LogP contribution is 2.40. The fourth-order valence-electron chi connectivity index (χ4n) is 3.94. The van der Waals surface area contributed by atoms with Crippen LogP contribution in [0.1, 0.15) is 62.3 Å². The zero-order valence-electron chi connectivity index (χ0n) is 17.9. The summed E-state index contributed by atoms with van der Waals surface area (Å²) in [5.74, 6) is -0.932. The van der Waals surface area contributed by atoms with Gasteiger partial charge in [0, 0.05) is 11.1 Å². The minimum atomic E-state index is -1.47. The van der Waals surface area contributed by atoms with Crippen LogP contribution < -0.4 is 0 Å². The molecular formula is C25H32O2Si. The molecule has 2 aromatic rings. The number of carbonyl (C=O) groups excluding carboxylic acids is 2. The molecule has 0 spiro atoms. The van der Waals surface area contributed by atoms with Crippen LogP contribution in [0.15, 0.2) is 60.7 Å². The summed E-state index contributed by atoms with van der Waals surface area (Å²) in [7, 11) is -1.47. The van der Waals surface area contributed by atoms with Crippen molar-refractivity contribution in [2.24, 2.45) is 0 Å². The summed E-state index contributed by atoms with van der Waals surface area (Å²) in [4.78, 5) is 23.6. The van der Waals surface area contributed by atoms with Gasteiger partial charge in [0.1, 0.15) is 8.07 Å². The Bertz CT molecular complexity index is 728. The van der Waals surface area contributed by atoms with Gasteiger partial charge in [0.05, 0.1) is 0 Å². The molecule has 0 saturated carbocycles. The van der Waals surface area contributed by atoms with Crippen LogP contribution >= 0.6 is 0 Å². The van der Waals surface area contributed by atoms with Crippen molar-refractivity contribution in [2.45, 2.75) is 58.2 Å². The first-order chi connectivity index (χ1) is 13.2. The highest BCUT2D eigenvalue weighted by Gasteiger charge is 2.41. The zero-order valence-corrected chi connectivity index (χ0v) is 18.9. The lowest BCUT2D eigenvalue weighted by molar-refractivity contribution is 0.0817. The molecule has 2 aromatic carbocycles. The second-order valence-corrected chi connectivity index (χ2v) is 13.6. The number of terminal acetylenes is 1. The molecule has 2 rings (SSSR count). The van der Waals surface area contributed by atoms with Gasteiger partial charge in [0.2, 0.25) is 11.6 Å². The Labute approximate surface area is 171 Å². The Morgan fingerprint density at radius 2 is 0.964 bits per heavy atom. The monoisotopic (exact) mass is 392 g/mol. The first kappa shape index (κ1) is 23.6. The maximum atomic E-state index is 11.8. The van der Waals surface area contributed by atoms with E-state index in [1.54, 1.807) is 48.5 Å². The SMILES string of the molecule is C#C[Si](C(C)C)(C(C)C)C(C)C.O=C(C(=O)c1ccccc1)c1ccccc1. The summed E-state index contributed by atoms with van der Waals surface area (Å²) in [5.41, 5.74) is 6.10. The van der Waals surface area contributed by atoms with Crippen LogP contribution in [0.25, 0.3) is 0 Å². The van der Waals surface area contributed by atoms with E-state index < -0.39 is 19.6 Å². The molecule has 0 saturated heterocycles. The Morgan fingerprint density at radius 3 is 1.14 bits per heavy atom. The van der Waals surface area contributed by atoms with E-state index in [1.165, 1.54) is 0 Å². The number of hydrogen-bond acceptors (Lipinski definition) is 2. The second kappa shape index (κ2) is 10.8. The van der Waals surface area contributed by atoms with Crippen LogP contribution in [0.4, 0.5) is 0 Å². The highest BCUT2D eigenvalue weighted by atomic mass is 28.3. The molecule has 2 nitrogen and oxygen atoms in total. The number of Topliss-reactive ketones (excluding diaryl/α,β-unsaturated/α-hetero) is 2. The van der Waals surface area contributed by atoms with E-state index in [2.05, 4.69) is 47.1 Å². The smallest absolute Gasteiger partial charge is 0.233 e. The maximum absolute atomic E-state index is 11.8. The van der Waals surface area contributed by atoms with Crippen LogP contribution in [0.3, 0.4) is 0 Å². The van der Waals surface area contributed by atoms with Crippen molar-refractivity contribution in [1.29, 1.82) is 0 Å². The molecule has 148 valence electrons. The molecular weight excluding hydrogens is 360 g/mol. The standard InChI is InChI=1S/C14H10O2.C11H22Si/c15-13(11-7-3-1-4-8-11)14(16)12-9-5-2-6-10-12;1-8-12(9(2)3,10(4)5)11(6)7/h1-10H;1,9-11H,2-7H3. The van der Waals surface area contributed by atoms with Crippen molar-refractivity contribution in [3.05, 3.63) is 71.8 Å². The second-order valence-electron chi connectivity index (χ2n) is 7.93. The third kappa shape index (κ3) is 5.53. The van der Waals surface area contributed by atoms with Crippen LogP contribution in [0, 0.1) is 12.0 Å². The van der Waals surface area contributed by atoms with Gasteiger partial charge in [0.25, 0.3) is 0 Å². The fraction of sp³-hybridized carbons (Fsp3) is 0.360. The van der Waals surface area contributed by atoms with Crippen molar-refractivity contribution in [1.82, 2.24) is 0 Å². The van der Waals surface area contributed by atoms with E-state index in [4.69, 9.17) is 6.42 Å². The predicted molar refractivity (Wildman–Crippen MR) is 121 cm³/mol. The summed E-state index contributed by atoms with van der Waals surface area (Å²) in [6.45, 7) is 13.7. The molecule has 0 N–H and O–H groups in total. The minimum Gasteiger partial charge on any atom is -0.285 e. The molecule has 0 bridgehead atoms. The summed E-state index contributed by atoms with van der Waals surface area (Å²) in [6, 6.07) is 17.2. The van der Waals surface area contributed by atoms with Gasteiger partial charge in [-0.15, -0.1) is 12.0 Å². The topological polar surface area (TPSA) is 34.1 Å². The number of rotatable bonds is 6. The molecule has 0 aliphatic rings. The molecule has 3 heteroatoms. The summed E-state index contributed by atoms with van der Waals surface area (Å²) < 4.78 is 0. The van der Waals surface area contributed by atoms with Crippen LogP contribution in [0.2, 0.25) is 16.6 Å². The molecule has 0 aliphatic carbocycles. The van der Waals surface area contributed by atoms with E-state index in [9.17, 15) is 9.59 Å². The predicted octanol–water partition coefficient (Wildman–Crippen LogP) is 6.59. The minimum absolute atomic E-state index is 0.427. The van der Waals surface area contributed by atoms with Gasteiger partial charge in [-0.3, -0.25) is 9.59 Å². The third-order valence-electron chi connectivity index (χ3n) is 5.39. The van der Waals surface area contributed by atoms with E-state index in [0.717, 1.165) is 0 Å². The van der Waals surface area contributed by atoms with Gasteiger partial charge in [-0.2, -0.15) is 0 Å². The Kier molecular flexibility index (Phi) is 9.08. The average Bonchev–Trinajstić information content (AvgIpc) is 2.69. The lowest BCUT2D eigenvalue weighted by atomic mass is 10.0. The van der Waals surface area contributed by atoms with E-state index in [-0.39, 0.29) is 0 Å². The van der Waals surface area contributed by atoms with Gasteiger partial charge in [-0.1, -0.05) is 102 Å². The first-order valence-electron chi connectivity index (χ1n) is 9.85. The van der Waals surface area contributed by atoms with Crippen LogP contribution in [-0.2, 0) is 0 Å². The van der Waals surface area contributed by atoms with Gasteiger partial charge in [-0.25, -0.2) is 0 Å². The first-order valence-corrected chi connectivity index (χ1v) is 12.1. The number of hydrogen-bond donors (Lipinski definition) is 0. The summed E-state index contributed by atoms with van der Waals surface area (Å²) in [6.07, 6.45) is 5.72. The molecule has 0 amide bonds. The van der Waals surface area contributed by atoms with Crippen LogP contribution in [-0.4, -0.2) is 19.6 Å². The lowest BCUT2D eigenvalue weighted by Crippen LogP contribution is -2.43. The quantitative estimate of drug-likeness (QED) is 0.240. The van der Waals surface area contributed by atoms with Gasteiger partial charge >= 0.3 is 0 Å². The van der Waals surface area contributed by atoms with E-state index in [1.807, 2.05) is 12.1 Å². The fourth-order valence-corrected chi connectivity index (χ4v) is 8.94. The number of benzene rings is 2. The summed E-state index contributed by atoms with van der Waals surface area (Å²) >= 11 is 0. The van der Waals surface area contributed by atoms with Gasteiger partial charge in [0.15, 0.2) is 0 Å². The number of ketones is 2. The molecule has 0 radical (unpaired) electrons. The Morgan fingerprint density at radius 1 is 0.679 bits per heavy atom. The Balaban J connectivity index is 0.000000295.